The van der Waals surface area contributed by atoms with E-state index in [-0.39, 0.29) is 19.5 Å². The number of hydrogen-bond donors (Lipinski definition) is 1. The van der Waals surface area contributed by atoms with Gasteiger partial charge in [-0.05, 0) is 54.4 Å². The molecule has 5 heterocycles. The molecule has 0 radical (unpaired) electrons. The second-order valence-corrected chi connectivity index (χ2v) is 10.4. The van der Waals surface area contributed by atoms with Crippen molar-refractivity contribution < 1.29 is 4.79 Å². The minimum absolute atomic E-state index is 0. The molecule has 3 aromatic rings. The number of nitrogens with one attached hydrogen (secondary N) is 1. The SMILES string of the molecule is C.C[C@@H]1CN(c2ccc(C#N)c3ncccc23)C[C@@H]2c3ccc(N4C[C@@H]5CNCCN5C4=O)cc3CN12. The number of aromatic nitrogens is 1. The summed E-state index contributed by atoms with van der Waals surface area (Å²) in [5.41, 5.74) is 6.23. The lowest BCUT2D eigenvalue weighted by Gasteiger charge is -2.43. The molecule has 190 valence electrons. The van der Waals surface area contributed by atoms with Crippen molar-refractivity contribution in [2.45, 2.75) is 39.0 Å². The largest absolute Gasteiger partial charge is 0.368 e. The number of piperazine rings is 2. The number of pyridine rings is 1. The van der Waals surface area contributed by atoms with Gasteiger partial charge in [-0.1, -0.05) is 13.5 Å². The summed E-state index contributed by atoms with van der Waals surface area (Å²) in [5.74, 6) is 0. The van der Waals surface area contributed by atoms with Gasteiger partial charge in [-0.25, -0.2) is 4.79 Å². The van der Waals surface area contributed by atoms with Gasteiger partial charge < -0.3 is 15.1 Å². The highest BCUT2D eigenvalue weighted by Gasteiger charge is 2.42. The second-order valence-electron chi connectivity index (χ2n) is 10.4. The molecule has 37 heavy (non-hydrogen) atoms. The fraction of sp³-hybridized carbons (Fsp3) is 0.414. The molecule has 2 amide bonds. The van der Waals surface area contributed by atoms with E-state index in [1.807, 2.05) is 21.9 Å². The Hall–Kier alpha value is -3.67. The Balaban J connectivity index is 0.00000252. The summed E-state index contributed by atoms with van der Waals surface area (Å²) in [6, 6.07) is 18.0. The first-order chi connectivity index (χ1) is 17.6. The van der Waals surface area contributed by atoms with Crippen LogP contribution in [0.25, 0.3) is 10.9 Å². The van der Waals surface area contributed by atoms with Gasteiger partial charge in [0, 0.05) is 74.8 Å². The first-order valence-electron chi connectivity index (χ1n) is 12.8. The van der Waals surface area contributed by atoms with E-state index in [0.717, 1.165) is 68.1 Å². The van der Waals surface area contributed by atoms with Crippen LogP contribution < -0.4 is 15.1 Å². The van der Waals surface area contributed by atoms with Crippen molar-refractivity contribution in [1.29, 1.82) is 5.26 Å². The lowest BCUT2D eigenvalue weighted by Crippen LogP contribution is -2.51. The molecule has 8 nitrogen and oxygen atoms in total. The molecule has 4 aliphatic rings. The quantitative estimate of drug-likeness (QED) is 0.584. The molecule has 0 aliphatic carbocycles. The van der Waals surface area contributed by atoms with Gasteiger partial charge in [-0.3, -0.25) is 14.8 Å². The summed E-state index contributed by atoms with van der Waals surface area (Å²) in [7, 11) is 0. The van der Waals surface area contributed by atoms with Gasteiger partial charge >= 0.3 is 6.03 Å². The van der Waals surface area contributed by atoms with Crippen molar-refractivity contribution in [3.63, 3.8) is 0 Å². The molecule has 4 aliphatic heterocycles. The number of amides is 2. The Bertz CT molecular complexity index is 1420. The Morgan fingerprint density at radius 3 is 2.86 bits per heavy atom. The molecule has 8 heteroatoms. The van der Waals surface area contributed by atoms with Crippen LogP contribution in [-0.2, 0) is 6.54 Å². The Kier molecular flexibility index (Phi) is 5.78. The molecule has 0 unspecified atom stereocenters. The number of fused-ring (bicyclic) bond motifs is 5. The zero-order valence-electron chi connectivity index (χ0n) is 20.4. The van der Waals surface area contributed by atoms with Crippen LogP contribution in [0.1, 0.15) is 37.1 Å². The van der Waals surface area contributed by atoms with Gasteiger partial charge in [0.1, 0.15) is 6.07 Å². The van der Waals surface area contributed by atoms with Crippen LogP contribution in [0.3, 0.4) is 0 Å². The smallest absolute Gasteiger partial charge is 0.324 e. The molecule has 3 saturated heterocycles. The number of hydrogen-bond acceptors (Lipinski definition) is 6. The maximum atomic E-state index is 13.1. The van der Waals surface area contributed by atoms with Gasteiger partial charge in [0.2, 0.25) is 0 Å². The van der Waals surface area contributed by atoms with Crippen molar-refractivity contribution >= 4 is 28.3 Å². The van der Waals surface area contributed by atoms with Gasteiger partial charge in [0.25, 0.3) is 0 Å². The van der Waals surface area contributed by atoms with Gasteiger partial charge in [0.15, 0.2) is 0 Å². The molecule has 0 spiro atoms. The fourth-order valence-electron chi connectivity index (χ4n) is 6.64. The number of carbonyl (C=O) groups excluding carboxylic acids is 1. The predicted octanol–water partition coefficient (Wildman–Crippen LogP) is 3.72. The van der Waals surface area contributed by atoms with E-state index >= 15 is 0 Å². The van der Waals surface area contributed by atoms with Crippen LogP contribution in [0.2, 0.25) is 0 Å². The maximum absolute atomic E-state index is 13.1. The predicted molar refractivity (Wildman–Crippen MR) is 146 cm³/mol. The highest BCUT2D eigenvalue weighted by molar-refractivity contribution is 5.96. The number of urea groups is 1. The zero-order valence-corrected chi connectivity index (χ0v) is 20.4. The number of nitriles is 1. The average molecular weight is 496 g/mol. The van der Waals surface area contributed by atoms with Crippen molar-refractivity contribution in [2.75, 3.05) is 49.1 Å². The standard InChI is InChI=1S/C28H29N7O.CH4/c1-18-14-32(25-7-4-19(12-29)27-24(25)3-2-8-31-27)17-26-23-6-5-21(11-20(23)15-34(18)26)35-16-22-13-30-9-10-33(22)28(35)36;/h2-8,11,18,22,26,30H,9-10,13-17H2,1H3;1H4/t18-,22+,26-;/m1./s1. The molecule has 0 bridgehead atoms. The Labute approximate surface area is 218 Å². The molecule has 0 saturated carbocycles. The van der Waals surface area contributed by atoms with E-state index in [0.29, 0.717) is 17.6 Å². The van der Waals surface area contributed by atoms with E-state index < -0.39 is 0 Å². The normalized spacial score (nSPS) is 24.9. The summed E-state index contributed by atoms with van der Waals surface area (Å²) >= 11 is 0. The average Bonchev–Trinajstić information content (AvgIpc) is 3.45. The van der Waals surface area contributed by atoms with Crippen molar-refractivity contribution in [2.24, 2.45) is 0 Å². The highest BCUT2D eigenvalue weighted by atomic mass is 16.2. The summed E-state index contributed by atoms with van der Waals surface area (Å²) in [6.07, 6.45) is 1.76. The Morgan fingerprint density at radius 1 is 1.14 bits per heavy atom. The van der Waals surface area contributed by atoms with Crippen LogP contribution in [0.5, 0.6) is 0 Å². The summed E-state index contributed by atoms with van der Waals surface area (Å²) in [4.78, 5) is 26.6. The number of nitrogens with zero attached hydrogens (tertiary/aromatic N) is 6. The van der Waals surface area contributed by atoms with E-state index in [2.05, 4.69) is 63.4 Å². The molecule has 2 aromatic carbocycles. The minimum atomic E-state index is 0. The first-order valence-corrected chi connectivity index (χ1v) is 12.8. The van der Waals surface area contributed by atoms with Crippen molar-refractivity contribution in [3.05, 3.63) is 65.4 Å². The van der Waals surface area contributed by atoms with Crippen LogP contribution in [0, 0.1) is 11.3 Å². The van der Waals surface area contributed by atoms with E-state index in [4.69, 9.17) is 0 Å². The van der Waals surface area contributed by atoms with Crippen molar-refractivity contribution in [3.8, 4) is 6.07 Å². The maximum Gasteiger partial charge on any atom is 0.324 e. The third-order valence-corrected chi connectivity index (χ3v) is 8.42. The monoisotopic (exact) mass is 495 g/mol. The van der Waals surface area contributed by atoms with Crippen LogP contribution in [0.4, 0.5) is 16.2 Å². The molecule has 1 aromatic heterocycles. The number of carbonyl (C=O) groups is 1. The molecule has 1 N–H and O–H groups in total. The number of rotatable bonds is 2. The van der Waals surface area contributed by atoms with Gasteiger partial charge in [0.05, 0.1) is 23.2 Å². The lowest BCUT2D eigenvalue weighted by atomic mass is 9.99. The topological polar surface area (TPSA) is 78.7 Å². The van der Waals surface area contributed by atoms with Crippen LogP contribution >= 0.6 is 0 Å². The first kappa shape index (κ1) is 23.7. The highest BCUT2D eigenvalue weighted by Crippen LogP contribution is 2.42. The summed E-state index contributed by atoms with van der Waals surface area (Å²) in [6.45, 7) is 8.29. The van der Waals surface area contributed by atoms with Gasteiger partial charge in [-0.2, -0.15) is 5.26 Å². The Morgan fingerprint density at radius 2 is 2.03 bits per heavy atom. The number of anilines is 2. The zero-order chi connectivity index (χ0) is 24.4. The molecule has 3 fully saturated rings. The minimum Gasteiger partial charge on any atom is -0.368 e. The van der Waals surface area contributed by atoms with E-state index in [9.17, 15) is 10.1 Å². The second kappa shape index (κ2) is 9.02. The van der Waals surface area contributed by atoms with E-state index in [1.54, 1.807) is 6.20 Å². The summed E-state index contributed by atoms with van der Waals surface area (Å²) in [5, 5.41) is 14.0. The third kappa shape index (κ3) is 3.64. The lowest BCUT2D eigenvalue weighted by molar-refractivity contribution is 0.134. The number of benzene rings is 2. The summed E-state index contributed by atoms with van der Waals surface area (Å²) < 4.78 is 0. The van der Waals surface area contributed by atoms with Crippen molar-refractivity contribution in [1.82, 2.24) is 20.1 Å². The molecular formula is C29H33N7O. The molecular weight excluding hydrogens is 462 g/mol. The fourth-order valence-corrected chi connectivity index (χ4v) is 6.64. The molecule has 3 atom stereocenters. The molecule has 7 rings (SSSR count). The van der Waals surface area contributed by atoms with Crippen LogP contribution in [-0.4, -0.2) is 72.2 Å². The van der Waals surface area contributed by atoms with Gasteiger partial charge in [-0.15, -0.1) is 0 Å². The third-order valence-electron chi connectivity index (χ3n) is 8.42. The van der Waals surface area contributed by atoms with Crippen LogP contribution in [0.15, 0.2) is 48.7 Å². The van der Waals surface area contributed by atoms with E-state index in [1.165, 1.54) is 11.1 Å².